The minimum Gasteiger partial charge on any atom is -0.445 e. The largest absolute Gasteiger partial charge is 0.445 e. The van der Waals surface area contributed by atoms with Gasteiger partial charge < -0.3 is 46.9 Å². The molecule has 1 aliphatic rings. The molecule has 2 atom stereocenters. The number of benzene rings is 3. The van der Waals surface area contributed by atoms with Gasteiger partial charge in [0.15, 0.2) is 0 Å². The van der Waals surface area contributed by atoms with Crippen molar-refractivity contribution in [2.75, 3.05) is 31.5 Å². The van der Waals surface area contributed by atoms with Crippen LogP contribution in [0.25, 0.3) is 17.0 Å². The summed E-state index contributed by atoms with van der Waals surface area (Å²) in [5, 5.41) is 23.4. The molecule has 1 unspecified atom stereocenters. The molecule has 74 heavy (non-hydrogen) atoms. The van der Waals surface area contributed by atoms with E-state index in [0.717, 1.165) is 32.6 Å². The number of rotatable bonds is 28. The molecule has 1 aliphatic heterocycles. The number of nitrogens with two attached hydrogens (primary N) is 1. The Bertz CT molecular complexity index is 2660. The van der Waals surface area contributed by atoms with Gasteiger partial charge in [0.1, 0.15) is 18.7 Å². The first-order valence-electron chi connectivity index (χ1n) is 24.5. The predicted molar refractivity (Wildman–Crippen MR) is 275 cm³/mol. The molecule has 0 spiro atoms. The lowest BCUT2D eigenvalue weighted by Crippen LogP contribution is -2.54. The van der Waals surface area contributed by atoms with Crippen LogP contribution in [0.2, 0.25) is 0 Å². The predicted octanol–water partition coefficient (Wildman–Crippen LogP) is 4.38. The average Bonchev–Trinajstić information content (AvgIpc) is 3.88. The third-order valence-corrected chi connectivity index (χ3v) is 12.1. The van der Waals surface area contributed by atoms with Gasteiger partial charge >= 0.3 is 12.1 Å². The Balaban J connectivity index is 1.14. The van der Waals surface area contributed by atoms with E-state index in [2.05, 4.69) is 31.6 Å². The Hall–Kier alpha value is -8.33. The molecule has 21 nitrogen and oxygen atoms in total. The van der Waals surface area contributed by atoms with E-state index in [-0.39, 0.29) is 76.2 Å². The van der Waals surface area contributed by atoms with Crippen LogP contribution < -0.4 is 37.8 Å². The van der Waals surface area contributed by atoms with Crippen LogP contribution in [0, 0.1) is 12.8 Å². The summed E-state index contributed by atoms with van der Waals surface area (Å²) >= 11 is 0. The molecule has 5 rings (SSSR count). The van der Waals surface area contributed by atoms with E-state index < -0.39 is 53.7 Å². The number of urea groups is 1. The molecule has 0 radical (unpaired) electrons. The number of nitrogens with one attached hydrogen (secondary N) is 7. The Morgan fingerprint density at radius 2 is 1.47 bits per heavy atom. The molecule has 0 saturated heterocycles. The fraction of sp³-hybridized carbons (Fsp3) is 0.377. The monoisotopic (exact) mass is 1020 g/mol. The molecule has 10 amide bonds. The molecule has 21 heteroatoms. The van der Waals surface area contributed by atoms with Crippen molar-refractivity contribution in [2.24, 2.45) is 11.7 Å². The lowest BCUT2D eigenvalue weighted by atomic mass is 10.0. The number of hydrogen-bond acceptors (Lipinski definition) is 11. The number of fused-ring (bicyclic) bond motifs is 1. The zero-order valence-corrected chi connectivity index (χ0v) is 41.9. The molecule has 1 aromatic heterocycles. The van der Waals surface area contributed by atoms with E-state index in [1.165, 1.54) is 18.2 Å². The number of aryl methyl sites for hydroxylation is 1. The van der Waals surface area contributed by atoms with E-state index in [1.54, 1.807) is 66.7 Å². The summed E-state index contributed by atoms with van der Waals surface area (Å²) in [5.74, 6) is -3.62. The number of carbonyl (C=O) groups excluding carboxylic acids is 9. The number of amides is 10. The quantitative estimate of drug-likeness (QED) is 0.0126. The SMILES string of the molecule is Cc1[nH]c2ccccc2c1CCN(Cc1ccc(/C=C/C(=O)NO)cc1)C(=O)OCc1ccc(NC(=O)[C@H](CCCNC(N)=O)NC(=O)C(NC(=O)CCCCCC(=O)NCCN2C(=O)C=CC2=O)C(C)C)cc1. The minimum absolute atomic E-state index is 0.0725. The summed E-state index contributed by atoms with van der Waals surface area (Å²) < 4.78 is 5.83. The summed E-state index contributed by atoms with van der Waals surface area (Å²) in [6, 6.07) is 19.1. The highest BCUT2D eigenvalue weighted by molar-refractivity contribution is 6.12. The van der Waals surface area contributed by atoms with Crippen LogP contribution in [-0.2, 0) is 57.9 Å². The van der Waals surface area contributed by atoms with Gasteiger partial charge in [0.25, 0.3) is 17.7 Å². The lowest BCUT2D eigenvalue weighted by molar-refractivity contribution is -0.137. The van der Waals surface area contributed by atoms with Gasteiger partial charge in [0, 0.05) is 86.1 Å². The van der Waals surface area contributed by atoms with Crippen molar-refractivity contribution in [1.29, 1.82) is 0 Å². The second kappa shape index (κ2) is 28.6. The Kier molecular flexibility index (Phi) is 21.9. The Morgan fingerprint density at radius 3 is 2.15 bits per heavy atom. The summed E-state index contributed by atoms with van der Waals surface area (Å²) in [5.41, 5.74) is 12.4. The maximum atomic E-state index is 13.8. The number of nitrogens with zero attached hydrogens (tertiary/aromatic N) is 2. The van der Waals surface area contributed by atoms with Gasteiger partial charge in [-0.2, -0.15) is 0 Å². The highest BCUT2D eigenvalue weighted by atomic mass is 16.6. The molecule has 0 bridgehead atoms. The maximum Gasteiger partial charge on any atom is 0.410 e. The van der Waals surface area contributed by atoms with E-state index in [1.807, 2.05) is 43.3 Å². The molecule has 2 heterocycles. The molecule has 0 saturated carbocycles. The molecule has 0 aliphatic carbocycles. The standard InChI is InChI=1S/C53H66N10O11/c1-34(2)49(60-45(65)14-6-4-5-13-44(64)55-29-31-63-47(67)25-26-48(63)68)51(70)59-43(12-9-28-56-52(54)71)50(69)58-39-22-19-38(20-23-39)33-74-53(72)62(30-27-40-35(3)57-42-11-8-7-10-41(40)42)32-37-17-15-36(16-18-37)21-24-46(66)61-73/h7-8,10-11,15-26,34,43,49,57,73H,4-6,9,12-14,27-33H2,1-3H3,(H,55,64)(H,58,69)(H,59,70)(H,60,65)(H,61,66)(H3,54,56,71)/b24-21+/t43-,49?/m0/s1. The number of anilines is 1. The van der Waals surface area contributed by atoms with Crippen molar-refractivity contribution >= 4 is 76.1 Å². The average molecular weight is 1020 g/mol. The minimum atomic E-state index is -1.07. The number of aromatic nitrogens is 1. The summed E-state index contributed by atoms with van der Waals surface area (Å²) in [6.45, 7) is 6.35. The first-order chi connectivity index (χ1) is 35.5. The molecule has 10 N–H and O–H groups in total. The normalized spacial score (nSPS) is 12.9. The molecular weight excluding hydrogens is 953 g/mol. The topological polar surface area (TPSA) is 304 Å². The third kappa shape index (κ3) is 18.1. The second-order valence-corrected chi connectivity index (χ2v) is 18.1. The van der Waals surface area contributed by atoms with Crippen LogP contribution in [0.5, 0.6) is 0 Å². The van der Waals surface area contributed by atoms with Gasteiger partial charge in [0.05, 0.1) is 0 Å². The van der Waals surface area contributed by atoms with Crippen LogP contribution >= 0.6 is 0 Å². The van der Waals surface area contributed by atoms with E-state index in [0.29, 0.717) is 49.0 Å². The van der Waals surface area contributed by atoms with Crippen LogP contribution in [-0.4, -0.2) is 112 Å². The van der Waals surface area contributed by atoms with Crippen molar-refractivity contribution in [3.05, 3.63) is 119 Å². The van der Waals surface area contributed by atoms with Gasteiger partial charge in [0.2, 0.25) is 23.6 Å². The van der Waals surface area contributed by atoms with E-state index in [4.69, 9.17) is 15.7 Å². The number of aromatic amines is 1. The molecule has 4 aromatic rings. The smallest absolute Gasteiger partial charge is 0.410 e. The summed E-state index contributed by atoms with van der Waals surface area (Å²) in [4.78, 5) is 119. The molecular formula is C53H66N10O11. The number of unbranched alkanes of at least 4 members (excludes halogenated alkanes) is 2. The Labute approximate surface area is 429 Å². The van der Waals surface area contributed by atoms with Crippen molar-refractivity contribution in [3.8, 4) is 0 Å². The number of hydroxylamine groups is 1. The number of primary amides is 1. The number of para-hydroxylation sites is 1. The van der Waals surface area contributed by atoms with E-state index in [9.17, 15) is 43.2 Å². The number of ether oxygens (including phenoxy) is 1. The molecule has 0 fully saturated rings. The number of hydrogen-bond donors (Lipinski definition) is 9. The highest BCUT2D eigenvalue weighted by Gasteiger charge is 2.29. The van der Waals surface area contributed by atoms with Crippen LogP contribution in [0.4, 0.5) is 15.3 Å². The first kappa shape index (κ1) is 56.6. The lowest BCUT2D eigenvalue weighted by Gasteiger charge is -2.25. The van der Waals surface area contributed by atoms with Crippen molar-refractivity contribution in [2.45, 2.75) is 97.4 Å². The van der Waals surface area contributed by atoms with Gasteiger partial charge in [-0.25, -0.2) is 15.1 Å². The fourth-order valence-electron chi connectivity index (χ4n) is 8.08. The highest BCUT2D eigenvalue weighted by Crippen LogP contribution is 2.23. The van der Waals surface area contributed by atoms with Crippen molar-refractivity contribution in [3.63, 3.8) is 0 Å². The Morgan fingerprint density at radius 1 is 0.797 bits per heavy atom. The van der Waals surface area contributed by atoms with Crippen LogP contribution in [0.15, 0.2) is 91.0 Å². The summed E-state index contributed by atoms with van der Waals surface area (Å²) in [6.07, 6.45) is 7.28. The number of imide groups is 1. The van der Waals surface area contributed by atoms with E-state index >= 15 is 0 Å². The third-order valence-electron chi connectivity index (χ3n) is 12.1. The zero-order valence-electron chi connectivity index (χ0n) is 41.9. The number of H-pyrrole nitrogens is 1. The maximum absolute atomic E-state index is 13.8. The van der Waals surface area contributed by atoms with Gasteiger partial charge in [-0.3, -0.25) is 43.7 Å². The van der Waals surface area contributed by atoms with Gasteiger partial charge in [-0.1, -0.05) is 74.9 Å². The van der Waals surface area contributed by atoms with Crippen LogP contribution in [0.1, 0.15) is 86.7 Å². The second-order valence-electron chi connectivity index (χ2n) is 18.1. The summed E-state index contributed by atoms with van der Waals surface area (Å²) in [7, 11) is 0. The van der Waals surface area contributed by atoms with Gasteiger partial charge in [-0.05, 0) is 91.5 Å². The molecule has 394 valence electrons. The van der Waals surface area contributed by atoms with Gasteiger partial charge in [-0.15, -0.1) is 0 Å². The van der Waals surface area contributed by atoms with Crippen LogP contribution in [0.3, 0.4) is 0 Å². The number of carbonyl (C=O) groups is 9. The van der Waals surface area contributed by atoms with Crippen molar-refractivity contribution in [1.82, 2.24) is 41.5 Å². The molecule has 3 aromatic carbocycles. The zero-order chi connectivity index (χ0) is 53.6. The van der Waals surface area contributed by atoms with Crippen molar-refractivity contribution < 1.29 is 53.1 Å². The first-order valence-corrected chi connectivity index (χ1v) is 24.5. The fourth-order valence-corrected chi connectivity index (χ4v) is 8.08.